The molecular formula is C18H20N2O3. The van der Waals surface area contributed by atoms with E-state index < -0.39 is 0 Å². The van der Waals surface area contributed by atoms with Crippen LogP contribution in [0.2, 0.25) is 0 Å². The monoisotopic (exact) mass is 312 g/mol. The van der Waals surface area contributed by atoms with Crippen LogP contribution in [0.15, 0.2) is 43.0 Å². The maximum Gasteiger partial charge on any atom is 0.251 e. The maximum absolute atomic E-state index is 11.9. The van der Waals surface area contributed by atoms with Gasteiger partial charge in [-0.05, 0) is 42.8 Å². The van der Waals surface area contributed by atoms with Crippen LogP contribution in [-0.4, -0.2) is 31.2 Å². The molecule has 0 saturated carbocycles. The highest BCUT2D eigenvalue weighted by Gasteiger charge is 2.06. The van der Waals surface area contributed by atoms with Gasteiger partial charge in [-0.25, -0.2) is 4.98 Å². The zero-order chi connectivity index (χ0) is 16.7. The smallest absolute Gasteiger partial charge is 0.251 e. The summed E-state index contributed by atoms with van der Waals surface area (Å²) in [6.45, 7) is 6.60. The van der Waals surface area contributed by atoms with Crippen molar-refractivity contribution in [1.82, 2.24) is 10.3 Å². The normalized spacial score (nSPS) is 10.2. The summed E-state index contributed by atoms with van der Waals surface area (Å²) < 4.78 is 10.6. The first-order valence-corrected chi connectivity index (χ1v) is 7.29. The van der Waals surface area contributed by atoms with Gasteiger partial charge in [0.25, 0.3) is 5.91 Å². The maximum atomic E-state index is 11.9. The molecule has 2 aromatic rings. The van der Waals surface area contributed by atoms with Crippen molar-refractivity contribution in [2.45, 2.75) is 6.92 Å². The lowest BCUT2D eigenvalue weighted by molar-refractivity contribution is 0.0937. The Morgan fingerprint density at radius 2 is 2.00 bits per heavy atom. The predicted molar refractivity (Wildman–Crippen MR) is 89.8 cm³/mol. The van der Waals surface area contributed by atoms with Crippen molar-refractivity contribution in [3.63, 3.8) is 0 Å². The molecule has 1 aromatic heterocycles. The lowest BCUT2D eigenvalue weighted by Crippen LogP contribution is -2.26. The Bertz CT molecular complexity index is 681. The number of benzene rings is 1. The van der Waals surface area contributed by atoms with E-state index in [9.17, 15) is 4.79 Å². The van der Waals surface area contributed by atoms with Crippen molar-refractivity contribution in [2.75, 3.05) is 20.3 Å². The molecule has 0 atom stereocenters. The molecule has 0 spiro atoms. The van der Waals surface area contributed by atoms with Gasteiger partial charge in [-0.2, -0.15) is 0 Å². The second-order valence-electron chi connectivity index (χ2n) is 4.90. The Morgan fingerprint density at radius 3 is 2.61 bits per heavy atom. The number of ether oxygens (including phenoxy) is 2. The third kappa shape index (κ3) is 4.66. The van der Waals surface area contributed by atoms with Gasteiger partial charge >= 0.3 is 0 Å². The van der Waals surface area contributed by atoms with Crippen molar-refractivity contribution >= 4 is 12.0 Å². The molecule has 0 aliphatic rings. The van der Waals surface area contributed by atoms with Gasteiger partial charge in [-0.15, -0.1) is 0 Å². The quantitative estimate of drug-likeness (QED) is 0.798. The van der Waals surface area contributed by atoms with Crippen LogP contribution in [0, 0.1) is 6.92 Å². The second kappa shape index (κ2) is 8.10. The summed E-state index contributed by atoms with van der Waals surface area (Å²) in [5.74, 6) is 0.986. The van der Waals surface area contributed by atoms with Crippen molar-refractivity contribution in [1.29, 1.82) is 0 Å². The summed E-state index contributed by atoms with van der Waals surface area (Å²) in [4.78, 5) is 16.2. The Morgan fingerprint density at radius 1 is 1.26 bits per heavy atom. The van der Waals surface area contributed by atoms with Gasteiger partial charge in [-0.3, -0.25) is 4.79 Å². The Labute approximate surface area is 136 Å². The largest absolute Gasteiger partial charge is 0.439 e. The third-order valence-corrected chi connectivity index (χ3v) is 3.25. The summed E-state index contributed by atoms with van der Waals surface area (Å²) in [5, 5.41) is 2.76. The highest BCUT2D eigenvalue weighted by Crippen LogP contribution is 2.21. The number of hydrogen-bond donors (Lipinski definition) is 1. The van der Waals surface area contributed by atoms with Crippen LogP contribution in [0.1, 0.15) is 21.6 Å². The van der Waals surface area contributed by atoms with E-state index in [4.69, 9.17) is 9.47 Å². The summed E-state index contributed by atoms with van der Waals surface area (Å²) in [6, 6.07) is 10.6. The fraction of sp³-hybridized carbons (Fsp3) is 0.222. The minimum atomic E-state index is -0.141. The molecule has 0 unspecified atom stereocenters. The van der Waals surface area contributed by atoms with Crippen molar-refractivity contribution in [3.8, 4) is 11.6 Å². The number of nitrogens with zero attached hydrogens (tertiary/aromatic N) is 1. The number of aromatic nitrogens is 1. The fourth-order valence-corrected chi connectivity index (χ4v) is 1.99. The fourth-order valence-electron chi connectivity index (χ4n) is 1.99. The van der Waals surface area contributed by atoms with Gasteiger partial charge in [0, 0.05) is 31.0 Å². The van der Waals surface area contributed by atoms with E-state index in [1.165, 1.54) is 0 Å². The van der Waals surface area contributed by atoms with Crippen LogP contribution in [0.5, 0.6) is 11.6 Å². The molecule has 1 aromatic carbocycles. The number of methoxy groups -OCH3 is 1. The molecule has 0 aliphatic heterocycles. The molecule has 1 N–H and O–H groups in total. The lowest BCUT2D eigenvalue weighted by Gasteiger charge is -2.08. The Balaban J connectivity index is 2.01. The lowest BCUT2D eigenvalue weighted by atomic mass is 10.2. The molecular weight excluding hydrogens is 292 g/mol. The molecule has 5 heteroatoms. The number of nitrogens with one attached hydrogen (secondary N) is 1. The second-order valence-corrected chi connectivity index (χ2v) is 4.90. The van der Waals surface area contributed by atoms with E-state index in [2.05, 4.69) is 16.9 Å². The number of amides is 1. The Hall–Kier alpha value is -2.66. The van der Waals surface area contributed by atoms with Crippen LogP contribution in [0.25, 0.3) is 6.08 Å². The molecule has 0 radical (unpaired) electrons. The number of hydrogen-bond acceptors (Lipinski definition) is 4. The van der Waals surface area contributed by atoms with E-state index >= 15 is 0 Å². The molecule has 120 valence electrons. The first-order chi connectivity index (χ1) is 11.1. The SMILES string of the molecule is C=Cc1ccc(Oc2ccc(C(=O)NCCOC)cc2)nc1C. The highest BCUT2D eigenvalue weighted by molar-refractivity contribution is 5.94. The molecule has 0 aliphatic carbocycles. The zero-order valence-electron chi connectivity index (χ0n) is 13.3. The van der Waals surface area contributed by atoms with Gasteiger partial charge in [0.05, 0.1) is 6.61 Å². The number of carbonyl (C=O) groups excluding carboxylic acids is 1. The van der Waals surface area contributed by atoms with E-state index in [0.717, 1.165) is 11.3 Å². The Kier molecular flexibility index (Phi) is 5.88. The van der Waals surface area contributed by atoms with Gasteiger partial charge in [-0.1, -0.05) is 12.7 Å². The molecule has 0 bridgehead atoms. The number of rotatable bonds is 7. The average molecular weight is 312 g/mol. The third-order valence-electron chi connectivity index (χ3n) is 3.25. The number of pyridine rings is 1. The molecule has 2 rings (SSSR count). The van der Waals surface area contributed by atoms with Crippen LogP contribution in [0.3, 0.4) is 0 Å². The van der Waals surface area contributed by atoms with Crippen LogP contribution >= 0.6 is 0 Å². The summed E-state index contributed by atoms with van der Waals surface area (Å²) in [6.07, 6.45) is 1.75. The van der Waals surface area contributed by atoms with E-state index in [-0.39, 0.29) is 5.91 Å². The minimum absolute atomic E-state index is 0.141. The van der Waals surface area contributed by atoms with Crippen LogP contribution in [-0.2, 0) is 4.74 Å². The first kappa shape index (κ1) is 16.7. The highest BCUT2D eigenvalue weighted by atomic mass is 16.5. The van der Waals surface area contributed by atoms with E-state index in [0.29, 0.717) is 30.3 Å². The van der Waals surface area contributed by atoms with Crippen LogP contribution in [0.4, 0.5) is 0 Å². The van der Waals surface area contributed by atoms with Gasteiger partial charge < -0.3 is 14.8 Å². The molecule has 1 heterocycles. The average Bonchev–Trinajstić information content (AvgIpc) is 2.56. The zero-order valence-corrected chi connectivity index (χ0v) is 13.3. The number of carbonyl (C=O) groups is 1. The van der Waals surface area contributed by atoms with Crippen molar-refractivity contribution in [3.05, 3.63) is 59.8 Å². The van der Waals surface area contributed by atoms with Gasteiger partial charge in [0.15, 0.2) is 0 Å². The summed E-state index contributed by atoms with van der Waals surface area (Å²) in [7, 11) is 1.59. The van der Waals surface area contributed by atoms with E-state index in [1.807, 2.05) is 13.0 Å². The topological polar surface area (TPSA) is 60.5 Å². The summed E-state index contributed by atoms with van der Waals surface area (Å²) >= 11 is 0. The molecule has 23 heavy (non-hydrogen) atoms. The van der Waals surface area contributed by atoms with Gasteiger partial charge in [0.1, 0.15) is 5.75 Å². The molecule has 0 fully saturated rings. The first-order valence-electron chi connectivity index (χ1n) is 7.29. The van der Waals surface area contributed by atoms with E-state index in [1.54, 1.807) is 43.5 Å². The summed E-state index contributed by atoms with van der Waals surface area (Å²) in [5.41, 5.74) is 2.40. The minimum Gasteiger partial charge on any atom is -0.439 e. The predicted octanol–water partition coefficient (Wildman–Crippen LogP) is 3.20. The standard InChI is InChI=1S/C18H20N2O3/c1-4-14-7-10-17(20-13(14)2)23-16-8-5-15(6-9-16)18(21)19-11-12-22-3/h4-10H,1,11-12H2,2-3H3,(H,19,21). The molecule has 1 amide bonds. The molecule has 0 saturated heterocycles. The van der Waals surface area contributed by atoms with Gasteiger partial charge in [0.2, 0.25) is 5.88 Å². The van der Waals surface area contributed by atoms with Crippen LogP contribution < -0.4 is 10.1 Å². The number of aryl methyl sites for hydroxylation is 1. The van der Waals surface area contributed by atoms with Crippen molar-refractivity contribution in [2.24, 2.45) is 0 Å². The van der Waals surface area contributed by atoms with Crippen molar-refractivity contribution < 1.29 is 14.3 Å². The molecule has 5 nitrogen and oxygen atoms in total.